The molecule has 0 spiro atoms. The first-order valence-corrected chi connectivity index (χ1v) is 10.4. The number of ether oxygens (including phenoxy) is 2. The van der Waals surface area contributed by atoms with Crippen molar-refractivity contribution in [3.05, 3.63) is 90.0 Å². The van der Waals surface area contributed by atoms with Crippen molar-refractivity contribution in [2.75, 3.05) is 14.2 Å². The first-order valence-electron chi connectivity index (χ1n) is 9.56. The Morgan fingerprint density at radius 3 is 2.29 bits per heavy atom. The minimum atomic E-state index is -0.519. The minimum Gasteiger partial charge on any atom is -0.497 e. The molecule has 1 aromatic heterocycles. The van der Waals surface area contributed by atoms with Crippen LogP contribution < -0.4 is 9.47 Å². The van der Waals surface area contributed by atoms with Gasteiger partial charge in [-0.05, 0) is 29.5 Å². The Bertz CT molecular complexity index is 1160. The predicted octanol–water partition coefficient (Wildman–Crippen LogP) is 5.47. The van der Waals surface area contributed by atoms with Crippen molar-refractivity contribution in [3.8, 4) is 23.0 Å². The lowest BCUT2D eigenvalue weighted by atomic mass is 10.0. The van der Waals surface area contributed by atoms with Gasteiger partial charge in [0.1, 0.15) is 16.7 Å². The van der Waals surface area contributed by atoms with Crippen LogP contribution in [0.5, 0.6) is 11.5 Å². The number of methoxy groups -OCH3 is 2. The molecule has 0 N–H and O–H groups in total. The van der Waals surface area contributed by atoms with Gasteiger partial charge in [-0.15, -0.1) is 10.2 Å². The van der Waals surface area contributed by atoms with Crippen molar-refractivity contribution in [1.82, 2.24) is 10.2 Å². The number of ketones is 1. The molecule has 7 heteroatoms. The number of hydrogen-bond donors (Lipinski definition) is 0. The third kappa shape index (κ3) is 4.62. The molecule has 0 fully saturated rings. The molecule has 31 heavy (non-hydrogen) atoms. The average molecular weight is 433 g/mol. The maximum Gasteiger partial charge on any atom is 0.277 e. The number of thioether (sulfide) groups is 1. The van der Waals surface area contributed by atoms with Crippen molar-refractivity contribution in [2.45, 2.75) is 10.5 Å². The van der Waals surface area contributed by atoms with E-state index in [1.807, 2.05) is 48.5 Å². The molecule has 0 saturated carbocycles. The lowest BCUT2D eigenvalue weighted by Gasteiger charge is -2.14. The summed E-state index contributed by atoms with van der Waals surface area (Å²) in [5, 5.41) is 8.10. The Morgan fingerprint density at radius 1 is 0.903 bits per heavy atom. The van der Waals surface area contributed by atoms with Crippen molar-refractivity contribution in [2.24, 2.45) is 0 Å². The molecule has 6 nitrogen and oxygen atoms in total. The van der Waals surface area contributed by atoms with Gasteiger partial charge in [0.25, 0.3) is 11.1 Å². The number of nitrogens with zero attached hydrogens (tertiary/aromatic N) is 2. The van der Waals surface area contributed by atoms with Crippen LogP contribution in [0.1, 0.15) is 21.2 Å². The summed E-state index contributed by atoms with van der Waals surface area (Å²) in [5.74, 6) is 1.49. The summed E-state index contributed by atoms with van der Waals surface area (Å²) in [4.78, 5) is 13.3. The van der Waals surface area contributed by atoms with Crippen molar-refractivity contribution in [3.63, 3.8) is 0 Å². The molecule has 1 heterocycles. The van der Waals surface area contributed by atoms with E-state index < -0.39 is 5.25 Å². The molecule has 0 saturated heterocycles. The maximum atomic E-state index is 13.3. The summed E-state index contributed by atoms with van der Waals surface area (Å²) in [6.45, 7) is 0. The number of carbonyl (C=O) groups excluding carboxylic acids is 1. The number of benzene rings is 3. The van der Waals surface area contributed by atoms with Crippen LogP contribution in [0.4, 0.5) is 0 Å². The Balaban J connectivity index is 1.65. The van der Waals surface area contributed by atoms with Gasteiger partial charge in [0.05, 0.1) is 19.8 Å². The van der Waals surface area contributed by atoms with Crippen LogP contribution in [0.15, 0.2) is 88.5 Å². The zero-order valence-corrected chi connectivity index (χ0v) is 17.8. The highest BCUT2D eigenvalue weighted by Crippen LogP contribution is 2.39. The molecule has 4 rings (SSSR count). The fourth-order valence-electron chi connectivity index (χ4n) is 3.10. The number of rotatable bonds is 8. The molecule has 0 unspecified atom stereocenters. The minimum absolute atomic E-state index is 0.0291. The molecular formula is C24H20N2O4S. The quantitative estimate of drug-likeness (QED) is 0.270. The Labute approximate surface area is 184 Å². The lowest BCUT2D eigenvalue weighted by Crippen LogP contribution is -2.10. The van der Waals surface area contributed by atoms with Gasteiger partial charge in [-0.1, -0.05) is 60.7 Å². The average Bonchev–Trinajstić information content (AvgIpc) is 3.31. The van der Waals surface area contributed by atoms with Gasteiger partial charge in [0.15, 0.2) is 5.78 Å². The van der Waals surface area contributed by atoms with Crippen molar-refractivity contribution < 1.29 is 18.7 Å². The van der Waals surface area contributed by atoms with Gasteiger partial charge >= 0.3 is 0 Å². The van der Waals surface area contributed by atoms with Gasteiger partial charge < -0.3 is 13.9 Å². The Morgan fingerprint density at radius 2 is 1.61 bits per heavy atom. The molecule has 0 bridgehead atoms. The van der Waals surface area contributed by atoms with Crippen LogP contribution in [0.2, 0.25) is 0 Å². The van der Waals surface area contributed by atoms with E-state index in [0.717, 1.165) is 5.56 Å². The molecule has 0 aliphatic heterocycles. The largest absolute Gasteiger partial charge is 0.497 e. The van der Waals surface area contributed by atoms with Crippen LogP contribution >= 0.6 is 11.8 Å². The van der Waals surface area contributed by atoms with E-state index in [2.05, 4.69) is 10.2 Å². The second kappa shape index (κ2) is 9.49. The third-order valence-corrected chi connectivity index (χ3v) is 5.75. The van der Waals surface area contributed by atoms with E-state index in [9.17, 15) is 4.79 Å². The Kier molecular flexibility index (Phi) is 6.33. The molecule has 0 radical (unpaired) electrons. The third-order valence-electron chi connectivity index (χ3n) is 4.66. The summed E-state index contributed by atoms with van der Waals surface area (Å²) < 4.78 is 16.6. The van der Waals surface area contributed by atoms with Gasteiger partial charge in [-0.25, -0.2) is 0 Å². The zero-order valence-electron chi connectivity index (χ0n) is 17.0. The summed E-state index contributed by atoms with van der Waals surface area (Å²) in [5.41, 5.74) is 2.14. The molecule has 156 valence electrons. The van der Waals surface area contributed by atoms with Crippen LogP contribution in [0.25, 0.3) is 11.5 Å². The fourth-order valence-corrected chi connectivity index (χ4v) is 4.05. The molecule has 3 aromatic carbocycles. The number of Topliss-reactive ketones (excluding diaryl/α,β-unsaturated/α-hetero) is 1. The second-order valence-electron chi connectivity index (χ2n) is 6.58. The summed E-state index contributed by atoms with van der Waals surface area (Å²) in [6, 6.07) is 24.1. The summed E-state index contributed by atoms with van der Waals surface area (Å²) in [7, 11) is 3.15. The smallest absolute Gasteiger partial charge is 0.277 e. The first kappa shape index (κ1) is 20.7. The van der Waals surface area contributed by atoms with Crippen LogP contribution in [0, 0.1) is 0 Å². The molecule has 4 aromatic rings. The normalized spacial score (nSPS) is 11.7. The Hall–Kier alpha value is -3.58. The van der Waals surface area contributed by atoms with E-state index in [0.29, 0.717) is 33.7 Å². The standard InChI is InChI=1S/C24H20N2O4S/c1-28-18-13-14-19(20(15-18)29-2)23-25-26-24(30-23)31-22(17-11-7-4-8-12-17)21(27)16-9-5-3-6-10-16/h3-15,22H,1-2H3/t22-/m1/s1. The van der Waals surface area contributed by atoms with Crippen LogP contribution in [-0.2, 0) is 0 Å². The highest BCUT2D eigenvalue weighted by molar-refractivity contribution is 8.00. The van der Waals surface area contributed by atoms with Crippen molar-refractivity contribution in [1.29, 1.82) is 0 Å². The first-order chi connectivity index (χ1) is 15.2. The van der Waals surface area contributed by atoms with Crippen LogP contribution in [-0.4, -0.2) is 30.2 Å². The molecular weight excluding hydrogens is 412 g/mol. The highest BCUT2D eigenvalue weighted by Gasteiger charge is 2.26. The lowest BCUT2D eigenvalue weighted by molar-refractivity contribution is 0.0989. The second-order valence-corrected chi connectivity index (χ2v) is 7.63. The highest BCUT2D eigenvalue weighted by atomic mass is 32.2. The SMILES string of the molecule is COc1ccc(-c2nnc(S[C@@H](C(=O)c3ccccc3)c3ccccc3)o2)c(OC)c1. The molecule has 1 atom stereocenters. The van der Waals surface area contributed by atoms with Crippen LogP contribution in [0.3, 0.4) is 0 Å². The predicted molar refractivity (Wildman–Crippen MR) is 119 cm³/mol. The van der Waals surface area contributed by atoms with Gasteiger partial charge in [-0.2, -0.15) is 0 Å². The van der Waals surface area contributed by atoms with Crippen molar-refractivity contribution >= 4 is 17.5 Å². The van der Waals surface area contributed by atoms with E-state index in [1.165, 1.54) is 11.8 Å². The topological polar surface area (TPSA) is 74.5 Å². The maximum absolute atomic E-state index is 13.3. The number of aromatic nitrogens is 2. The summed E-state index contributed by atoms with van der Waals surface area (Å²) >= 11 is 1.23. The number of hydrogen-bond acceptors (Lipinski definition) is 7. The summed E-state index contributed by atoms with van der Waals surface area (Å²) in [6.07, 6.45) is 0. The van der Waals surface area contributed by atoms with E-state index >= 15 is 0 Å². The zero-order chi connectivity index (χ0) is 21.6. The monoisotopic (exact) mass is 432 g/mol. The van der Waals surface area contributed by atoms with E-state index in [-0.39, 0.29) is 5.78 Å². The molecule has 0 amide bonds. The molecule has 0 aliphatic carbocycles. The van der Waals surface area contributed by atoms with E-state index in [4.69, 9.17) is 13.9 Å². The van der Waals surface area contributed by atoms with E-state index in [1.54, 1.807) is 44.6 Å². The number of carbonyl (C=O) groups is 1. The van der Waals surface area contributed by atoms with Gasteiger partial charge in [0.2, 0.25) is 0 Å². The van der Waals surface area contributed by atoms with Gasteiger partial charge in [-0.3, -0.25) is 4.79 Å². The van der Waals surface area contributed by atoms with Gasteiger partial charge in [0, 0.05) is 11.6 Å². The fraction of sp³-hybridized carbons (Fsp3) is 0.125. The molecule has 0 aliphatic rings.